The summed E-state index contributed by atoms with van der Waals surface area (Å²) in [6.45, 7) is 20.3. The standard InChI is InChI=1S/C31H31N.C2H6/c1-6-25-14-16-27(17-15-25)23(4)22-31(30-12-10-9-11-13-30)32-24(5)28-18-20-29(21-19-28)26(7-2)8-3;1-2/h6-7,9-22,26H,1-2,5,8H2,3-4H3;1-2H3/b23-22+,32-31?;. The minimum absolute atomic E-state index is 0.374. The van der Waals surface area contributed by atoms with Crippen molar-refractivity contribution in [2.75, 3.05) is 0 Å². The first-order valence-electron chi connectivity index (χ1n) is 12.0. The van der Waals surface area contributed by atoms with E-state index in [1.807, 2.05) is 44.2 Å². The molecule has 3 aromatic carbocycles. The van der Waals surface area contributed by atoms with Crippen molar-refractivity contribution < 1.29 is 0 Å². The zero-order chi connectivity index (χ0) is 24.9. The van der Waals surface area contributed by atoms with E-state index in [1.165, 1.54) is 5.56 Å². The molecule has 1 unspecified atom stereocenters. The molecule has 0 radical (unpaired) electrons. The smallest absolute Gasteiger partial charge is 0.0712 e. The van der Waals surface area contributed by atoms with Crippen molar-refractivity contribution in [3.63, 3.8) is 0 Å². The SMILES string of the molecule is C=Cc1ccc(/C(C)=C/C(=NC(=C)c2ccc(C(C=C)CC)cc2)c2ccccc2)cc1.CC. The predicted octanol–water partition coefficient (Wildman–Crippen LogP) is 9.60. The van der Waals surface area contributed by atoms with Gasteiger partial charge in [0.1, 0.15) is 0 Å². The van der Waals surface area contributed by atoms with Gasteiger partial charge >= 0.3 is 0 Å². The van der Waals surface area contributed by atoms with Crippen LogP contribution in [0.25, 0.3) is 17.3 Å². The van der Waals surface area contributed by atoms with Crippen LogP contribution in [0.4, 0.5) is 0 Å². The molecule has 0 aliphatic carbocycles. The maximum atomic E-state index is 4.94. The number of nitrogens with zero attached hydrogens (tertiary/aromatic N) is 1. The van der Waals surface area contributed by atoms with Crippen LogP contribution in [0.2, 0.25) is 0 Å². The lowest BCUT2D eigenvalue weighted by molar-refractivity contribution is 0.807. The minimum Gasteiger partial charge on any atom is -0.248 e. The third-order valence-electron chi connectivity index (χ3n) is 5.68. The molecule has 1 nitrogen and oxygen atoms in total. The molecule has 3 rings (SSSR count). The van der Waals surface area contributed by atoms with E-state index in [1.54, 1.807) is 0 Å². The highest BCUT2D eigenvalue weighted by molar-refractivity contribution is 6.13. The normalized spacial score (nSPS) is 12.2. The van der Waals surface area contributed by atoms with Crippen molar-refractivity contribution >= 4 is 23.1 Å². The van der Waals surface area contributed by atoms with Gasteiger partial charge in [-0.3, -0.25) is 0 Å². The van der Waals surface area contributed by atoms with Gasteiger partial charge in [0.25, 0.3) is 0 Å². The van der Waals surface area contributed by atoms with E-state index in [4.69, 9.17) is 4.99 Å². The van der Waals surface area contributed by atoms with E-state index in [2.05, 4.69) is 100 Å². The van der Waals surface area contributed by atoms with Crippen LogP contribution in [0.3, 0.4) is 0 Å². The molecule has 0 saturated carbocycles. The van der Waals surface area contributed by atoms with Gasteiger partial charge in [0.2, 0.25) is 0 Å². The Morgan fingerprint density at radius 3 is 1.94 bits per heavy atom. The molecular formula is C33H37N. The fraction of sp³-hybridized carbons (Fsp3) is 0.182. The second kappa shape index (κ2) is 13.7. The van der Waals surface area contributed by atoms with Crippen molar-refractivity contribution in [2.45, 2.75) is 40.0 Å². The number of aliphatic imine (C=N–C) groups is 1. The summed E-state index contributed by atoms with van der Waals surface area (Å²) in [5.74, 6) is 0.374. The summed E-state index contributed by atoms with van der Waals surface area (Å²) in [7, 11) is 0. The van der Waals surface area contributed by atoms with Gasteiger partial charge in [-0.05, 0) is 47.2 Å². The molecule has 0 spiro atoms. The van der Waals surface area contributed by atoms with Crippen LogP contribution < -0.4 is 0 Å². The summed E-state index contributed by atoms with van der Waals surface area (Å²) < 4.78 is 0. The minimum atomic E-state index is 0.374. The van der Waals surface area contributed by atoms with Crippen LogP contribution in [0, 0.1) is 0 Å². The van der Waals surface area contributed by atoms with Gasteiger partial charge in [0.15, 0.2) is 0 Å². The van der Waals surface area contributed by atoms with E-state index in [-0.39, 0.29) is 0 Å². The highest BCUT2D eigenvalue weighted by Gasteiger charge is 2.08. The molecule has 1 heteroatoms. The third-order valence-corrected chi connectivity index (χ3v) is 5.68. The molecule has 1 atom stereocenters. The van der Waals surface area contributed by atoms with Gasteiger partial charge < -0.3 is 0 Å². The number of hydrogen-bond acceptors (Lipinski definition) is 1. The van der Waals surface area contributed by atoms with Crippen molar-refractivity contribution in [1.29, 1.82) is 0 Å². The Balaban J connectivity index is 0.00000199. The Hall–Kier alpha value is -3.71. The number of rotatable bonds is 9. The van der Waals surface area contributed by atoms with Gasteiger partial charge in [-0.15, -0.1) is 6.58 Å². The average Bonchev–Trinajstić information content (AvgIpc) is 2.91. The summed E-state index contributed by atoms with van der Waals surface area (Å²) in [5, 5.41) is 0. The Morgan fingerprint density at radius 2 is 1.41 bits per heavy atom. The van der Waals surface area contributed by atoms with Crippen molar-refractivity contribution in [1.82, 2.24) is 0 Å². The van der Waals surface area contributed by atoms with Crippen LogP contribution in [0.15, 0.2) is 116 Å². The molecule has 3 aromatic rings. The molecule has 0 N–H and O–H groups in total. The summed E-state index contributed by atoms with van der Waals surface area (Å²) in [6, 6.07) is 27.1. The average molecular weight is 448 g/mol. The highest BCUT2D eigenvalue weighted by Crippen LogP contribution is 2.24. The largest absolute Gasteiger partial charge is 0.248 e. The molecule has 0 bridgehead atoms. The highest BCUT2D eigenvalue weighted by atomic mass is 14.8. The van der Waals surface area contributed by atoms with Crippen LogP contribution in [0.1, 0.15) is 67.9 Å². The summed E-state index contributed by atoms with van der Waals surface area (Å²) in [5.41, 5.74) is 8.39. The second-order valence-corrected chi connectivity index (χ2v) is 7.84. The maximum absolute atomic E-state index is 4.94. The van der Waals surface area contributed by atoms with Crippen molar-refractivity contribution in [2.24, 2.45) is 4.99 Å². The zero-order valence-corrected chi connectivity index (χ0v) is 21.1. The van der Waals surface area contributed by atoms with Gasteiger partial charge in [-0.1, -0.05) is 125 Å². The maximum Gasteiger partial charge on any atom is 0.0712 e. The third kappa shape index (κ3) is 7.15. The lowest BCUT2D eigenvalue weighted by atomic mass is 9.95. The van der Waals surface area contributed by atoms with E-state index < -0.39 is 0 Å². The zero-order valence-electron chi connectivity index (χ0n) is 21.1. The van der Waals surface area contributed by atoms with Crippen LogP contribution in [-0.2, 0) is 0 Å². The fourth-order valence-corrected chi connectivity index (χ4v) is 3.63. The van der Waals surface area contributed by atoms with E-state index >= 15 is 0 Å². The van der Waals surface area contributed by atoms with E-state index in [0.29, 0.717) is 5.92 Å². The fourth-order valence-electron chi connectivity index (χ4n) is 3.63. The van der Waals surface area contributed by atoms with E-state index in [0.717, 1.165) is 45.7 Å². The van der Waals surface area contributed by atoms with Gasteiger partial charge in [0.05, 0.1) is 11.4 Å². The first kappa shape index (κ1) is 26.5. The Morgan fingerprint density at radius 1 is 0.824 bits per heavy atom. The number of benzene rings is 3. The van der Waals surface area contributed by atoms with Gasteiger partial charge in [0, 0.05) is 11.5 Å². The Labute approximate surface area is 206 Å². The first-order valence-corrected chi connectivity index (χ1v) is 12.0. The van der Waals surface area contributed by atoms with Crippen molar-refractivity contribution in [3.05, 3.63) is 139 Å². The predicted molar refractivity (Wildman–Crippen MR) is 153 cm³/mol. The summed E-state index contributed by atoms with van der Waals surface area (Å²) >= 11 is 0. The number of hydrogen-bond donors (Lipinski definition) is 0. The second-order valence-electron chi connectivity index (χ2n) is 7.84. The summed E-state index contributed by atoms with van der Waals surface area (Å²) in [4.78, 5) is 4.94. The van der Waals surface area contributed by atoms with Gasteiger partial charge in [-0.2, -0.15) is 0 Å². The lowest BCUT2D eigenvalue weighted by Gasteiger charge is -2.11. The molecule has 174 valence electrons. The van der Waals surface area contributed by atoms with E-state index in [9.17, 15) is 0 Å². The van der Waals surface area contributed by atoms with Crippen LogP contribution >= 0.6 is 0 Å². The monoisotopic (exact) mass is 447 g/mol. The van der Waals surface area contributed by atoms with Gasteiger partial charge in [-0.25, -0.2) is 4.99 Å². The Bertz CT molecular complexity index is 1130. The van der Waals surface area contributed by atoms with Crippen LogP contribution in [-0.4, -0.2) is 5.71 Å². The molecular weight excluding hydrogens is 410 g/mol. The number of allylic oxidation sites excluding steroid dienone is 3. The topological polar surface area (TPSA) is 12.4 Å². The lowest BCUT2D eigenvalue weighted by Crippen LogP contribution is -1.99. The Kier molecular flexibility index (Phi) is 10.7. The van der Waals surface area contributed by atoms with Crippen molar-refractivity contribution in [3.8, 4) is 0 Å². The molecule has 0 saturated heterocycles. The molecule has 34 heavy (non-hydrogen) atoms. The molecule has 0 aliphatic heterocycles. The quantitative estimate of drug-likeness (QED) is 0.229. The summed E-state index contributed by atoms with van der Waals surface area (Å²) in [6.07, 6.45) is 7.03. The molecule has 0 amide bonds. The molecule has 0 heterocycles. The first-order chi connectivity index (χ1) is 16.5. The molecule has 0 fully saturated rings. The molecule has 0 aliphatic rings. The molecule has 0 aromatic heterocycles. The van der Waals surface area contributed by atoms with Crippen LogP contribution in [0.5, 0.6) is 0 Å².